The van der Waals surface area contributed by atoms with E-state index in [1.54, 1.807) is 0 Å². The lowest BCUT2D eigenvalue weighted by Crippen LogP contribution is -2.50. The van der Waals surface area contributed by atoms with Gasteiger partial charge >= 0.3 is 5.91 Å². The molecule has 3 aliphatic heterocycles. The number of carbonyl (C=O) groups is 1. The van der Waals surface area contributed by atoms with Crippen LogP contribution in [-0.2, 0) is 11.2 Å². The number of benzene rings is 1. The molecule has 1 aromatic rings. The van der Waals surface area contributed by atoms with Crippen LogP contribution in [0.3, 0.4) is 0 Å². The maximum absolute atomic E-state index is 13.9. The predicted molar refractivity (Wildman–Crippen MR) is 140 cm³/mol. The van der Waals surface area contributed by atoms with Gasteiger partial charge < -0.3 is 5.32 Å². The molecule has 6 nitrogen and oxygen atoms in total. The Morgan fingerprint density at radius 1 is 1.23 bits per heavy atom. The molecule has 1 aromatic carbocycles. The van der Waals surface area contributed by atoms with Crippen LogP contribution in [0, 0.1) is 24.7 Å². The molecule has 6 heteroatoms. The summed E-state index contributed by atoms with van der Waals surface area (Å²) in [6.45, 7) is 10.6. The summed E-state index contributed by atoms with van der Waals surface area (Å²) < 4.78 is 4.60. The summed E-state index contributed by atoms with van der Waals surface area (Å²) >= 11 is 0. The first kappa shape index (κ1) is 24.3. The van der Waals surface area contributed by atoms with Gasteiger partial charge in [-0.25, -0.2) is 0 Å². The molecule has 4 aliphatic rings. The van der Waals surface area contributed by atoms with Gasteiger partial charge in [0, 0.05) is 29.4 Å². The molecular weight excluding hydrogens is 434 g/mol. The highest BCUT2D eigenvalue weighted by atomic mass is 16.2. The Hall–Kier alpha value is -2.37. The number of unbranched alkanes of at least 4 members (excludes halogenated alkanes) is 1. The number of aryl methyl sites for hydroxylation is 1. The van der Waals surface area contributed by atoms with Crippen molar-refractivity contribution in [2.24, 2.45) is 27.9 Å². The molecule has 5 rings (SSSR count). The molecule has 1 fully saturated rings. The molecule has 0 aromatic heterocycles. The highest BCUT2D eigenvalue weighted by molar-refractivity contribution is 6.38. The Kier molecular flexibility index (Phi) is 7.45. The number of carbonyl (C=O) groups excluding carboxylic acids is 1. The van der Waals surface area contributed by atoms with Gasteiger partial charge in [0.25, 0.3) is 5.71 Å². The number of hydrogen-bond acceptors (Lipinski definition) is 3. The zero-order valence-electron chi connectivity index (χ0n) is 21.9. The van der Waals surface area contributed by atoms with Gasteiger partial charge in [0.15, 0.2) is 13.1 Å². The van der Waals surface area contributed by atoms with Gasteiger partial charge in [-0.2, -0.15) is 4.58 Å². The number of nitrogens with one attached hydrogen (secondary N) is 1. The molecule has 1 aliphatic carbocycles. The topological polar surface area (TPSA) is 59.8 Å². The summed E-state index contributed by atoms with van der Waals surface area (Å²) in [4.78, 5) is 18.8. The molecular formula is C29H43N5O+2. The minimum absolute atomic E-state index is 0.0560. The molecule has 4 unspecified atom stereocenters. The Labute approximate surface area is 210 Å². The number of azo groups is 2. The van der Waals surface area contributed by atoms with Crippen LogP contribution in [0.2, 0.25) is 0 Å². The third-order valence-electron chi connectivity index (χ3n) is 8.37. The van der Waals surface area contributed by atoms with E-state index in [-0.39, 0.29) is 18.0 Å². The maximum Gasteiger partial charge on any atom is 0.312 e. The van der Waals surface area contributed by atoms with Crippen LogP contribution >= 0.6 is 0 Å². The fourth-order valence-corrected chi connectivity index (χ4v) is 6.20. The van der Waals surface area contributed by atoms with Crippen molar-refractivity contribution in [2.75, 3.05) is 26.2 Å². The van der Waals surface area contributed by atoms with E-state index in [1.165, 1.54) is 29.7 Å². The van der Waals surface area contributed by atoms with Crippen LogP contribution in [0.25, 0.3) is 0 Å². The van der Waals surface area contributed by atoms with Crippen LogP contribution in [-0.4, -0.2) is 65.4 Å². The second-order valence-corrected chi connectivity index (χ2v) is 11.4. The third kappa shape index (κ3) is 5.57. The van der Waals surface area contributed by atoms with E-state index in [0.717, 1.165) is 76.3 Å². The van der Waals surface area contributed by atoms with Crippen molar-refractivity contribution >= 4 is 23.5 Å². The van der Waals surface area contributed by atoms with Gasteiger partial charge in [-0.05, 0) is 56.3 Å². The summed E-state index contributed by atoms with van der Waals surface area (Å²) in [6.07, 6.45) is 10.9. The molecule has 0 radical (unpaired) electrons. The number of aliphatic imine (C=N–C) groups is 1. The van der Waals surface area contributed by atoms with Crippen molar-refractivity contribution in [2.45, 2.75) is 84.2 Å². The Balaban J connectivity index is 1.34. The fraction of sp³-hybridized carbons (Fsp3) is 0.690. The van der Waals surface area contributed by atoms with Crippen molar-refractivity contribution in [3.05, 3.63) is 29.3 Å². The van der Waals surface area contributed by atoms with Gasteiger partial charge in [-0.1, -0.05) is 38.5 Å². The largest absolute Gasteiger partial charge is 0.342 e. The minimum atomic E-state index is 0.0560. The van der Waals surface area contributed by atoms with E-state index < -0.39 is 0 Å². The zero-order valence-corrected chi connectivity index (χ0v) is 21.9. The van der Waals surface area contributed by atoms with Crippen molar-refractivity contribution < 1.29 is 14.1 Å². The first-order valence-corrected chi connectivity index (χ1v) is 14.0. The number of fused-ring (bicyclic) bond motifs is 1. The van der Waals surface area contributed by atoms with E-state index in [1.807, 2.05) is 0 Å². The lowest BCUT2D eigenvalue weighted by molar-refractivity contribution is -0.586. The Morgan fingerprint density at radius 2 is 2.09 bits per heavy atom. The van der Waals surface area contributed by atoms with Crippen LogP contribution in [0.1, 0.15) is 69.9 Å². The highest BCUT2D eigenvalue weighted by Gasteiger charge is 2.40. The monoisotopic (exact) mass is 477 g/mol. The average molecular weight is 478 g/mol. The van der Waals surface area contributed by atoms with E-state index in [2.05, 4.69) is 59.8 Å². The maximum atomic E-state index is 13.9. The molecule has 0 spiro atoms. The number of para-hydroxylation sites is 1. The smallest absolute Gasteiger partial charge is 0.312 e. The first-order chi connectivity index (χ1) is 17.0. The molecule has 1 amide bonds. The van der Waals surface area contributed by atoms with Gasteiger partial charge in [0.1, 0.15) is 13.1 Å². The van der Waals surface area contributed by atoms with Crippen molar-refractivity contribution in [3.63, 3.8) is 0 Å². The summed E-state index contributed by atoms with van der Waals surface area (Å²) in [7, 11) is 0. The highest BCUT2D eigenvalue weighted by Crippen LogP contribution is 2.32. The molecule has 1 saturated carbocycles. The van der Waals surface area contributed by atoms with Crippen molar-refractivity contribution in [1.82, 2.24) is 5.32 Å². The third-order valence-corrected chi connectivity index (χ3v) is 8.37. The zero-order chi connectivity index (χ0) is 24.4. The van der Waals surface area contributed by atoms with Gasteiger partial charge in [-0.15, -0.1) is 4.70 Å². The SMILES string of the molecule is CCCC[N+]1=C(C(=O)NC(CC2CN=[N+](CC3CC3)C2)C2N=CCCC2C)Cc2cccc(C)c21. The average Bonchev–Trinajstić information content (AvgIpc) is 3.41. The van der Waals surface area contributed by atoms with Crippen molar-refractivity contribution in [1.29, 1.82) is 0 Å². The Morgan fingerprint density at radius 3 is 2.86 bits per heavy atom. The molecule has 3 heterocycles. The molecule has 1 N–H and O–H groups in total. The molecule has 4 atom stereocenters. The van der Waals surface area contributed by atoms with E-state index in [0.29, 0.717) is 11.8 Å². The van der Waals surface area contributed by atoms with Crippen LogP contribution in [0.5, 0.6) is 0 Å². The lowest BCUT2D eigenvalue weighted by atomic mass is 9.85. The quantitative estimate of drug-likeness (QED) is 0.489. The second-order valence-electron chi connectivity index (χ2n) is 11.4. The van der Waals surface area contributed by atoms with Gasteiger partial charge in [-0.3, -0.25) is 9.79 Å². The summed E-state index contributed by atoms with van der Waals surface area (Å²) in [5.41, 5.74) is 4.69. The van der Waals surface area contributed by atoms with Crippen LogP contribution < -0.4 is 5.32 Å². The minimum Gasteiger partial charge on any atom is -0.342 e. The molecule has 188 valence electrons. The number of rotatable bonds is 10. The number of amides is 1. The number of nitrogens with zero attached hydrogens (tertiary/aromatic N) is 4. The van der Waals surface area contributed by atoms with Gasteiger partial charge in [0.2, 0.25) is 5.69 Å². The van der Waals surface area contributed by atoms with Crippen LogP contribution in [0.15, 0.2) is 28.3 Å². The van der Waals surface area contributed by atoms with E-state index in [9.17, 15) is 4.79 Å². The fourth-order valence-electron chi connectivity index (χ4n) is 6.20. The Bertz CT molecular complexity index is 1040. The summed E-state index contributed by atoms with van der Waals surface area (Å²) in [5, 5.41) is 8.35. The van der Waals surface area contributed by atoms with E-state index >= 15 is 0 Å². The standard InChI is InChI=1S/C29H42N5O/c1-4-5-14-34-26(16-24-10-6-8-21(3)28(24)34)29(35)32-25(27-20(2)9-7-13-30-27)15-23-17-31-33(19-23)18-22-11-12-22/h6,8,10,13,20,22-23,25,27H,4-5,7,9,11-12,14-19H2,1-3H3/q+1/p+1. The number of hydrogen-bond donors (Lipinski definition) is 1. The second kappa shape index (κ2) is 10.7. The normalized spacial score (nSPS) is 26.6. The lowest BCUT2D eigenvalue weighted by Gasteiger charge is -2.32. The molecule has 35 heavy (non-hydrogen) atoms. The van der Waals surface area contributed by atoms with E-state index in [4.69, 9.17) is 10.1 Å². The predicted octanol–water partition coefficient (Wildman–Crippen LogP) is 4.68. The molecule has 0 bridgehead atoms. The summed E-state index contributed by atoms with van der Waals surface area (Å²) in [5.74, 6) is 1.93. The van der Waals surface area contributed by atoms with Crippen molar-refractivity contribution in [3.8, 4) is 0 Å². The summed E-state index contributed by atoms with van der Waals surface area (Å²) in [6, 6.07) is 6.67. The van der Waals surface area contributed by atoms with Crippen LogP contribution in [0.4, 0.5) is 5.69 Å². The first-order valence-electron chi connectivity index (χ1n) is 14.0. The molecule has 0 saturated heterocycles. The van der Waals surface area contributed by atoms with Gasteiger partial charge in [0.05, 0.1) is 18.5 Å².